The van der Waals surface area contributed by atoms with Crippen molar-refractivity contribution in [3.63, 3.8) is 0 Å². The number of rotatable bonds is 3. The molecular weight excluding hydrogens is 168 g/mol. The van der Waals surface area contributed by atoms with E-state index in [0.29, 0.717) is 6.54 Å². The SMILES string of the molecule is CN=C(C)N/C=C/Cn1cnnn1. The van der Waals surface area contributed by atoms with Crippen molar-refractivity contribution < 1.29 is 0 Å². The van der Waals surface area contributed by atoms with Gasteiger partial charge in [0, 0.05) is 7.05 Å². The zero-order valence-electron chi connectivity index (χ0n) is 7.68. The molecule has 0 radical (unpaired) electrons. The molecular formula is C7H12N6. The monoisotopic (exact) mass is 180 g/mol. The van der Waals surface area contributed by atoms with Crippen molar-refractivity contribution in [2.45, 2.75) is 13.5 Å². The smallest absolute Gasteiger partial charge is 0.138 e. The van der Waals surface area contributed by atoms with Gasteiger partial charge in [0.2, 0.25) is 0 Å². The second-order valence-electron chi connectivity index (χ2n) is 2.39. The summed E-state index contributed by atoms with van der Waals surface area (Å²) in [6, 6.07) is 0. The Morgan fingerprint density at radius 2 is 2.54 bits per heavy atom. The molecule has 6 nitrogen and oxygen atoms in total. The van der Waals surface area contributed by atoms with E-state index in [1.54, 1.807) is 18.1 Å². The van der Waals surface area contributed by atoms with Crippen LogP contribution in [0.4, 0.5) is 0 Å². The van der Waals surface area contributed by atoms with E-state index in [0.717, 1.165) is 5.84 Å². The first-order valence-corrected chi connectivity index (χ1v) is 3.88. The molecule has 0 unspecified atom stereocenters. The fourth-order valence-corrected chi connectivity index (χ4v) is 0.669. The largest absolute Gasteiger partial charge is 0.351 e. The molecule has 0 atom stereocenters. The van der Waals surface area contributed by atoms with Gasteiger partial charge in [0.05, 0.1) is 12.4 Å². The van der Waals surface area contributed by atoms with E-state index in [1.165, 1.54) is 0 Å². The van der Waals surface area contributed by atoms with Crippen LogP contribution < -0.4 is 5.32 Å². The molecule has 1 N–H and O–H groups in total. The van der Waals surface area contributed by atoms with E-state index >= 15 is 0 Å². The van der Waals surface area contributed by atoms with Gasteiger partial charge < -0.3 is 5.32 Å². The van der Waals surface area contributed by atoms with Gasteiger partial charge >= 0.3 is 0 Å². The van der Waals surface area contributed by atoms with Crippen LogP contribution in [0.1, 0.15) is 6.92 Å². The van der Waals surface area contributed by atoms with Gasteiger partial charge in [-0.15, -0.1) is 5.10 Å². The van der Waals surface area contributed by atoms with Gasteiger partial charge in [0.15, 0.2) is 0 Å². The van der Waals surface area contributed by atoms with E-state index in [2.05, 4.69) is 25.8 Å². The van der Waals surface area contributed by atoms with Crippen LogP contribution >= 0.6 is 0 Å². The first-order valence-electron chi connectivity index (χ1n) is 3.88. The number of hydrogen-bond donors (Lipinski definition) is 1. The molecule has 0 amide bonds. The van der Waals surface area contributed by atoms with E-state index in [4.69, 9.17) is 0 Å². The molecule has 0 bridgehead atoms. The van der Waals surface area contributed by atoms with Crippen molar-refractivity contribution in [3.05, 3.63) is 18.6 Å². The predicted molar refractivity (Wildman–Crippen MR) is 49.1 cm³/mol. The van der Waals surface area contributed by atoms with Crippen LogP contribution in [0.15, 0.2) is 23.6 Å². The summed E-state index contributed by atoms with van der Waals surface area (Å²) in [4.78, 5) is 3.93. The quantitative estimate of drug-likeness (QED) is 0.517. The third-order valence-corrected chi connectivity index (χ3v) is 1.43. The predicted octanol–water partition coefficient (Wildman–Crippen LogP) is -0.175. The molecule has 1 heterocycles. The Morgan fingerprint density at radius 3 is 3.15 bits per heavy atom. The lowest BCUT2D eigenvalue weighted by atomic mass is 10.5. The molecule has 0 aliphatic heterocycles. The lowest BCUT2D eigenvalue weighted by Gasteiger charge is -1.96. The maximum absolute atomic E-state index is 3.93. The van der Waals surface area contributed by atoms with Crippen LogP contribution in [0.2, 0.25) is 0 Å². The minimum atomic E-state index is 0.650. The first-order chi connectivity index (χ1) is 6.33. The maximum atomic E-state index is 3.93. The molecule has 0 saturated carbocycles. The Balaban J connectivity index is 2.27. The molecule has 6 heteroatoms. The van der Waals surface area contributed by atoms with E-state index in [-0.39, 0.29) is 0 Å². The highest BCUT2D eigenvalue weighted by molar-refractivity contribution is 5.80. The first kappa shape index (κ1) is 9.37. The second-order valence-corrected chi connectivity index (χ2v) is 2.39. The average Bonchev–Trinajstić information content (AvgIpc) is 2.64. The molecule has 1 rings (SSSR count). The molecule has 0 fully saturated rings. The van der Waals surface area contributed by atoms with Crippen molar-refractivity contribution in [3.8, 4) is 0 Å². The molecule has 0 aliphatic carbocycles. The Bertz CT molecular complexity index is 286. The molecule has 0 saturated heterocycles. The molecule has 0 aromatic carbocycles. The summed E-state index contributed by atoms with van der Waals surface area (Å²) < 4.78 is 1.62. The lowest BCUT2D eigenvalue weighted by Crippen LogP contribution is -2.12. The Morgan fingerprint density at radius 1 is 1.69 bits per heavy atom. The molecule has 1 aromatic rings. The van der Waals surface area contributed by atoms with Gasteiger partial charge in [-0.25, -0.2) is 4.68 Å². The Labute approximate surface area is 76.4 Å². The number of nitrogens with zero attached hydrogens (tertiary/aromatic N) is 5. The second kappa shape index (κ2) is 5.02. The summed E-state index contributed by atoms with van der Waals surface area (Å²) in [7, 11) is 1.73. The van der Waals surface area contributed by atoms with Crippen LogP contribution in [-0.4, -0.2) is 33.1 Å². The average molecular weight is 180 g/mol. The highest BCUT2D eigenvalue weighted by Crippen LogP contribution is 1.79. The number of aliphatic imine (C=N–C) groups is 1. The Hall–Kier alpha value is -1.72. The van der Waals surface area contributed by atoms with Crippen LogP contribution in [0.3, 0.4) is 0 Å². The van der Waals surface area contributed by atoms with E-state index < -0.39 is 0 Å². The van der Waals surface area contributed by atoms with Crippen molar-refractivity contribution in [1.82, 2.24) is 25.5 Å². The molecule has 0 spiro atoms. The maximum Gasteiger partial charge on any atom is 0.138 e. The summed E-state index contributed by atoms with van der Waals surface area (Å²) in [5.41, 5.74) is 0. The lowest BCUT2D eigenvalue weighted by molar-refractivity contribution is 0.658. The highest BCUT2D eigenvalue weighted by Gasteiger charge is 1.86. The summed E-state index contributed by atoms with van der Waals surface area (Å²) in [5.74, 6) is 0.868. The minimum Gasteiger partial charge on any atom is -0.351 e. The summed E-state index contributed by atoms with van der Waals surface area (Å²) in [5, 5.41) is 13.7. The topological polar surface area (TPSA) is 68.0 Å². The van der Waals surface area contributed by atoms with Crippen LogP contribution in [0, 0.1) is 0 Å². The van der Waals surface area contributed by atoms with Crippen molar-refractivity contribution in [1.29, 1.82) is 0 Å². The zero-order chi connectivity index (χ0) is 9.52. The normalized spacial score (nSPS) is 12.3. The van der Waals surface area contributed by atoms with Gasteiger partial charge in [-0.2, -0.15) is 0 Å². The van der Waals surface area contributed by atoms with Crippen LogP contribution in [-0.2, 0) is 6.54 Å². The molecule has 13 heavy (non-hydrogen) atoms. The minimum absolute atomic E-state index is 0.650. The molecule has 0 aliphatic rings. The van der Waals surface area contributed by atoms with E-state index in [9.17, 15) is 0 Å². The van der Waals surface area contributed by atoms with Gasteiger partial charge in [-0.1, -0.05) is 0 Å². The van der Waals surface area contributed by atoms with Gasteiger partial charge in [-0.05, 0) is 29.6 Å². The van der Waals surface area contributed by atoms with Crippen LogP contribution in [0.25, 0.3) is 0 Å². The number of allylic oxidation sites excluding steroid dienone is 1. The van der Waals surface area contributed by atoms with Crippen molar-refractivity contribution >= 4 is 5.84 Å². The van der Waals surface area contributed by atoms with Crippen molar-refractivity contribution in [2.24, 2.45) is 4.99 Å². The third-order valence-electron chi connectivity index (χ3n) is 1.43. The van der Waals surface area contributed by atoms with Gasteiger partial charge in [0.1, 0.15) is 6.33 Å². The summed E-state index contributed by atoms with van der Waals surface area (Å²) >= 11 is 0. The molecule has 70 valence electrons. The highest BCUT2D eigenvalue weighted by atomic mass is 15.5. The third kappa shape index (κ3) is 3.46. The van der Waals surface area contributed by atoms with Crippen LogP contribution in [0.5, 0.6) is 0 Å². The summed E-state index contributed by atoms with van der Waals surface area (Å²) in [6.07, 6.45) is 5.28. The summed E-state index contributed by atoms with van der Waals surface area (Å²) in [6.45, 7) is 2.54. The van der Waals surface area contributed by atoms with Gasteiger partial charge in [0.25, 0.3) is 0 Å². The fraction of sp³-hybridized carbons (Fsp3) is 0.429. The molecule has 1 aromatic heterocycles. The Kier molecular flexibility index (Phi) is 3.62. The number of aromatic nitrogens is 4. The number of nitrogens with one attached hydrogen (secondary N) is 1. The fourth-order valence-electron chi connectivity index (χ4n) is 0.669. The van der Waals surface area contributed by atoms with Crippen molar-refractivity contribution in [2.75, 3.05) is 7.05 Å². The zero-order valence-corrected chi connectivity index (χ0v) is 7.68. The van der Waals surface area contributed by atoms with Gasteiger partial charge in [-0.3, -0.25) is 4.99 Å². The van der Waals surface area contributed by atoms with E-state index in [1.807, 2.05) is 19.2 Å². The number of amidine groups is 1. The standard InChI is InChI=1S/C7H12N6/c1-7(8-2)9-4-3-5-13-6-10-11-12-13/h3-4,6H,5H2,1-2H3,(H,8,9)/b4-3+. The number of hydrogen-bond acceptors (Lipinski definition) is 4. The number of tetrazole rings is 1.